The van der Waals surface area contributed by atoms with Crippen LogP contribution < -0.4 is 0 Å². The molecule has 0 spiro atoms. The number of carbonyl (C=O) groups excluding carboxylic acids is 2. The summed E-state index contributed by atoms with van der Waals surface area (Å²) in [5.41, 5.74) is 2.01. The van der Waals surface area contributed by atoms with E-state index in [0.717, 1.165) is 24.2 Å². The maximum absolute atomic E-state index is 12.7. The molecule has 3 rings (SSSR count). The number of rotatable bonds is 3. The number of nitrogens with zero attached hydrogens (tertiary/aromatic N) is 6. The predicted molar refractivity (Wildman–Crippen MR) is 89.3 cm³/mol. The topological polar surface area (TPSA) is 73.8 Å². The SMILES string of the molecule is CCc1cc(CC)n(C2=[N+](C)C3C(=O)N(CC)C(=O)N(C)C3=N2)n1. The van der Waals surface area contributed by atoms with Crippen molar-refractivity contribution in [3.63, 3.8) is 0 Å². The zero-order valence-electron chi connectivity index (χ0n) is 14.8. The van der Waals surface area contributed by atoms with Crippen LogP contribution >= 0.6 is 0 Å². The molecule has 2 aliphatic rings. The Morgan fingerprint density at radius 1 is 1.21 bits per heavy atom. The van der Waals surface area contributed by atoms with Crippen molar-refractivity contribution in [3.8, 4) is 0 Å². The minimum atomic E-state index is -0.582. The number of amidine groups is 1. The molecular weight excluding hydrogens is 308 g/mol. The molecule has 1 atom stereocenters. The van der Waals surface area contributed by atoms with E-state index in [4.69, 9.17) is 0 Å². The highest BCUT2D eigenvalue weighted by Crippen LogP contribution is 2.20. The van der Waals surface area contributed by atoms with Crippen LogP contribution in [0.25, 0.3) is 0 Å². The fraction of sp³-hybridized carbons (Fsp3) is 0.562. The Hall–Kier alpha value is -2.51. The number of aryl methyl sites for hydroxylation is 2. The van der Waals surface area contributed by atoms with Gasteiger partial charge in [0.25, 0.3) is 5.91 Å². The summed E-state index contributed by atoms with van der Waals surface area (Å²) in [6.07, 6.45) is 1.64. The van der Waals surface area contributed by atoms with Crippen molar-refractivity contribution >= 4 is 23.7 Å². The van der Waals surface area contributed by atoms with Crippen molar-refractivity contribution < 1.29 is 14.2 Å². The minimum Gasteiger partial charge on any atom is -0.270 e. The molecule has 0 radical (unpaired) electrons. The molecule has 0 saturated carbocycles. The molecular formula is C16H23N6O2+. The Labute approximate surface area is 141 Å². The fourth-order valence-electron chi connectivity index (χ4n) is 3.15. The third-order valence-corrected chi connectivity index (χ3v) is 4.59. The quantitative estimate of drug-likeness (QED) is 0.759. The summed E-state index contributed by atoms with van der Waals surface area (Å²) >= 11 is 0. The first-order valence-electron chi connectivity index (χ1n) is 8.30. The lowest BCUT2D eigenvalue weighted by Gasteiger charge is -2.32. The number of urea groups is 1. The van der Waals surface area contributed by atoms with Crippen molar-refractivity contribution in [2.45, 2.75) is 39.7 Å². The van der Waals surface area contributed by atoms with Crippen LogP contribution in [-0.2, 0) is 17.6 Å². The maximum atomic E-state index is 12.7. The summed E-state index contributed by atoms with van der Waals surface area (Å²) in [6.45, 7) is 6.25. The summed E-state index contributed by atoms with van der Waals surface area (Å²) < 4.78 is 3.58. The number of aromatic nitrogens is 2. The molecule has 2 aliphatic heterocycles. The number of fused-ring (bicyclic) bond motifs is 1. The second-order valence-electron chi connectivity index (χ2n) is 5.95. The highest BCUT2D eigenvalue weighted by molar-refractivity contribution is 6.22. The van der Waals surface area contributed by atoms with Gasteiger partial charge in [0.2, 0.25) is 11.9 Å². The van der Waals surface area contributed by atoms with Gasteiger partial charge in [0.15, 0.2) is 0 Å². The molecule has 0 aromatic carbocycles. The van der Waals surface area contributed by atoms with Gasteiger partial charge in [-0.1, -0.05) is 18.8 Å². The Balaban J connectivity index is 2.11. The van der Waals surface area contributed by atoms with Gasteiger partial charge in [-0.15, -0.1) is 9.78 Å². The fourth-order valence-corrected chi connectivity index (χ4v) is 3.15. The summed E-state index contributed by atoms with van der Waals surface area (Å²) in [4.78, 5) is 32.3. The summed E-state index contributed by atoms with van der Waals surface area (Å²) in [5, 5.41) is 4.60. The molecule has 3 heterocycles. The molecule has 3 amide bonds. The highest BCUT2D eigenvalue weighted by atomic mass is 16.2. The molecule has 1 aromatic rings. The van der Waals surface area contributed by atoms with Gasteiger partial charge in [0, 0.05) is 20.0 Å². The third kappa shape index (κ3) is 2.16. The standard InChI is InChI=1S/C16H23N6O2/c1-6-10-9-11(7-2)22(18-10)15-17-13-12(19(15)4)14(23)21(8-3)16(24)20(13)5/h9,12H,6-8H2,1-5H3/q+1. The number of amides is 3. The molecule has 1 fully saturated rings. The number of likely N-dealkylation sites (N-methyl/N-ethyl adjacent to an activating group) is 3. The first-order valence-corrected chi connectivity index (χ1v) is 8.30. The van der Waals surface area contributed by atoms with E-state index in [0.29, 0.717) is 18.3 Å². The number of hydrogen-bond donors (Lipinski definition) is 0. The van der Waals surface area contributed by atoms with Crippen molar-refractivity contribution in [1.82, 2.24) is 19.6 Å². The monoisotopic (exact) mass is 331 g/mol. The predicted octanol–water partition coefficient (Wildman–Crippen LogP) is 0.549. The smallest absolute Gasteiger partial charge is 0.270 e. The molecule has 0 bridgehead atoms. The lowest BCUT2D eigenvalue weighted by atomic mass is 10.1. The van der Waals surface area contributed by atoms with Crippen LogP contribution in [0.15, 0.2) is 11.1 Å². The Bertz CT molecular complexity index is 776. The molecule has 0 aliphatic carbocycles. The molecule has 24 heavy (non-hydrogen) atoms. The van der Waals surface area contributed by atoms with Crippen LogP contribution in [-0.4, -0.2) is 74.6 Å². The average Bonchev–Trinajstić information content (AvgIpc) is 3.14. The average molecular weight is 331 g/mol. The zero-order chi connectivity index (χ0) is 17.6. The summed E-state index contributed by atoms with van der Waals surface area (Å²) in [7, 11) is 3.47. The number of aliphatic imine (C=N–C) groups is 1. The maximum Gasteiger partial charge on any atom is 0.421 e. The molecule has 8 heteroatoms. The van der Waals surface area contributed by atoms with E-state index in [9.17, 15) is 9.59 Å². The Kier molecular flexibility index (Phi) is 3.98. The van der Waals surface area contributed by atoms with E-state index >= 15 is 0 Å². The lowest BCUT2D eigenvalue weighted by molar-refractivity contribution is -0.507. The van der Waals surface area contributed by atoms with Gasteiger partial charge in [0.1, 0.15) is 5.69 Å². The number of carbonyl (C=O) groups is 2. The van der Waals surface area contributed by atoms with Crippen LogP contribution in [0.3, 0.4) is 0 Å². The first kappa shape index (κ1) is 16.4. The molecule has 8 nitrogen and oxygen atoms in total. The van der Waals surface area contributed by atoms with E-state index in [2.05, 4.69) is 30.0 Å². The van der Waals surface area contributed by atoms with Crippen LogP contribution in [0.2, 0.25) is 0 Å². The first-order chi connectivity index (χ1) is 11.4. The zero-order valence-corrected chi connectivity index (χ0v) is 14.8. The molecule has 0 N–H and O–H groups in total. The van der Waals surface area contributed by atoms with Gasteiger partial charge in [-0.05, 0) is 19.4 Å². The van der Waals surface area contributed by atoms with E-state index in [1.165, 1.54) is 9.80 Å². The number of imide groups is 1. The summed E-state index contributed by atoms with van der Waals surface area (Å²) in [5.74, 6) is 0.804. The van der Waals surface area contributed by atoms with Crippen molar-refractivity contribution in [2.75, 3.05) is 20.6 Å². The molecule has 1 unspecified atom stereocenters. The van der Waals surface area contributed by atoms with Gasteiger partial charge < -0.3 is 0 Å². The van der Waals surface area contributed by atoms with Crippen LogP contribution in [0.4, 0.5) is 4.79 Å². The van der Waals surface area contributed by atoms with Crippen molar-refractivity contribution in [3.05, 3.63) is 17.5 Å². The Morgan fingerprint density at radius 3 is 2.50 bits per heavy atom. The largest absolute Gasteiger partial charge is 0.421 e. The van der Waals surface area contributed by atoms with Gasteiger partial charge in [0.05, 0.1) is 12.7 Å². The minimum absolute atomic E-state index is 0.238. The van der Waals surface area contributed by atoms with Crippen LogP contribution in [0.5, 0.6) is 0 Å². The van der Waals surface area contributed by atoms with Crippen LogP contribution in [0.1, 0.15) is 32.2 Å². The molecule has 1 saturated heterocycles. The summed E-state index contributed by atoms with van der Waals surface area (Å²) in [6, 6.07) is 1.14. The van der Waals surface area contributed by atoms with Gasteiger partial charge in [-0.25, -0.2) is 9.37 Å². The normalized spacial score (nSPS) is 20.9. The second-order valence-corrected chi connectivity index (χ2v) is 5.95. The third-order valence-electron chi connectivity index (χ3n) is 4.59. The van der Waals surface area contributed by atoms with E-state index in [1.807, 2.05) is 7.05 Å². The van der Waals surface area contributed by atoms with Crippen LogP contribution in [0, 0.1) is 0 Å². The Morgan fingerprint density at radius 2 is 1.92 bits per heavy atom. The second kappa shape index (κ2) is 5.85. The van der Waals surface area contributed by atoms with Crippen molar-refractivity contribution in [1.29, 1.82) is 0 Å². The van der Waals surface area contributed by atoms with Crippen molar-refractivity contribution in [2.24, 2.45) is 4.99 Å². The number of hydrogen-bond acceptors (Lipinski definition) is 4. The van der Waals surface area contributed by atoms with E-state index in [1.54, 1.807) is 23.2 Å². The van der Waals surface area contributed by atoms with E-state index in [-0.39, 0.29) is 11.9 Å². The highest BCUT2D eigenvalue weighted by Gasteiger charge is 2.51. The van der Waals surface area contributed by atoms with Gasteiger partial charge in [-0.3, -0.25) is 14.6 Å². The molecule has 1 aromatic heterocycles. The van der Waals surface area contributed by atoms with E-state index < -0.39 is 6.04 Å². The lowest BCUT2D eigenvalue weighted by Crippen LogP contribution is -2.62. The molecule has 128 valence electrons. The van der Waals surface area contributed by atoms with Gasteiger partial charge >= 0.3 is 12.0 Å². The van der Waals surface area contributed by atoms with Gasteiger partial charge in [-0.2, -0.15) is 0 Å².